The molecule has 3 heteroatoms. The molecule has 0 saturated heterocycles. The van der Waals surface area contributed by atoms with Gasteiger partial charge in [0.25, 0.3) is 0 Å². The lowest BCUT2D eigenvalue weighted by Gasteiger charge is -2.22. The number of benzene rings is 2. The van der Waals surface area contributed by atoms with Gasteiger partial charge in [0.2, 0.25) is 0 Å². The van der Waals surface area contributed by atoms with Crippen LogP contribution >= 0.6 is 0 Å². The molecule has 0 aromatic heterocycles. The fraction of sp³-hybridized carbons (Fsp3) is 0.250. The van der Waals surface area contributed by atoms with Crippen molar-refractivity contribution in [3.8, 4) is 17.6 Å². The fourth-order valence-electron chi connectivity index (χ4n) is 2.27. The van der Waals surface area contributed by atoms with E-state index in [1.807, 2.05) is 48.5 Å². The van der Waals surface area contributed by atoms with Crippen molar-refractivity contribution in [2.24, 2.45) is 0 Å². The van der Waals surface area contributed by atoms with Crippen molar-refractivity contribution in [1.82, 2.24) is 0 Å². The standard InChI is InChI=1S/C20H21NO2/c1-20(2,3)16-10-6-7-11-17(16)21-19(22)14-13-15-9-5-8-12-18(15)23-4/h5-12H,1-4H3,(H,21,22). The summed E-state index contributed by atoms with van der Waals surface area (Å²) >= 11 is 0. The van der Waals surface area contributed by atoms with Crippen molar-refractivity contribution in [3.05, 3.63) is 59.7 Å². The summed E-state index contributed by atoms with van der Waals surface area (Å²) in [7, 11) is 1.58. The summed E-state index contributed by atoms with van der Waals surface area (Å²) in [5.74, 6) is 5.79. The molecule has 0 spiro atoms. The maximum absolute atomic E-state index is 12.1. The number of carbonyl (C=O) groups is 1. The third-order valence-electron chi connectivity index (χ3n) is 3.40. The van der Waals surface area contributed by atoms with Gasteiger partial charge in [-0.15, -0.1) is 0 Å². The number of hydrogen-bond acceptors (Lipinski definition) is 2. The van der Waals surface area contributed by atoms with Gasteiger partial charge in [-0.1, -0.05) is 57.0 Å². The first-order valence-electron chi connectivity index (χ1n) is 7.47. The van der Waals surface area contributed by atoms with Gasteiger partial charge in [-0.25, -0.2) is 0 Å². The molecule has 0 saturated carbocycles. The molecule has 0 aliphatic carbocycles. The fourth-order valence-corrected chi connectivity index (χ4v) is 2.27. The van der Waals surface area contributed by atoms with Gasteiger partial charge < -0.3 is 10.1 Å². The van der Waals surface area contributed by atoms with Crippen LogP contribution in [0.1, 0.15) is 31.9 Å². The summed E-state index contributed by atoms with van der Waals surface area (Å²) < 4.78 is 5.23. The summed E-state index contributed by atoms with van der Waals surface area (Å²) in [4.78, 5) is 12.1. The Morgan fingerprint density at radius 2 is 1.70 bits per heavy atom. The molecular formula is C20H21NO2. The van der Waals surface area contributed by atoms with E-state index >= 15 is 0 Å². The normalized spacial score (nSPS) is 10.4. The zero-order chi connectivity index (χ0) is 16.9. The predicted octanol–water partition coefficient (Wildman–Crippen LogP) is 3.98. The van der Waals surface area contributed by atoms with Gasteiger partial charge in [0.1, 0.15) is 5.75 Å². The maximum Gasteiger partial charge on any atom is 0.300 e. The summed E-state index contributed by atoms with van der Waals surface area (Å²) in [6.45, 7) is 6.33. The summed E-state index contributed by atoms with van der Waals surface area (Å²) in [6.07, 6.45) is 0. The lowest BCUT2D eigenvalue weighted by molar-refractivity contribution is -0.111. The molecular weight excluding hydrogens is 286 g/mol. The van der Waals surface area contributed by atoms with Crippen LogP contribution in [0.3, 0.4) is 0 Å². The van der Waals surface area contributed by atoms with Crippen molar-refractivity contribution in [1.29, 1.82) is 0 Å². The number of ether oxygens (including phenoxy) is 1. The van der Waals surface area contributed by atoms with Crippen LogP contribution in [-0.4, -0.2) is 13.0 Å². The molecule has 1 amide bonds. The summed E-state index contributed by atoms with van der Waals surface area (Å²) in [5, 5.41) is 2.87. The molecule has 0 aliphatic heterocycles. The zero-order valence-corrected chi connectivity index (χ0v) is 13.9. The van der Waals surface area contributed by atoms with Crippen LogP contribution in [0.4, 0.5) is 5.69 Å². The average molecular weight is 307 g/mol. The molecule has 0 atom stereocenters. The number of nitrogens with one attached hydrogen (secondary N) is 1. The van der Waals surface area contributed by atoms with Gasteiger partial charge >= 0.3 is 5.91 Å². The number of amides is 1. The smallest absolute Gasteiger partial charge is 0.300 e. The second-order valence-electron chi connectivity index (χ2n) is 6.20. The molecule has 2 rings (SSSR count). The van der Waals surface area contributed by atoms with Crippen molar-refractivity contribution in [2.75, 3.05) is 12.4 Å². The highest BCUT2D eigenvalue weighted by Gasteiger charge is 2.18. The number of rotatable bonds is 2. The van der Waals surface area contributed by atoms with Crippen molar-refractivity contribution in [3.63, 3.8) is 0 Å². The van der Waals surface area contributed by atoms with E-state index in [1.54, 1.807) is 7.11 Å². The minimum atomic E-state index is -0.340. The number of para-hydroxylation sites is 2. The molecule has 0 heterocycles. The van der Waals surface area contributed by atoms with Crippen LogP contribution in [-0.2, 0) is 10.2 Å². The first-order chi connectivity index (χ1) is 10.9. The minimum Gasteiger partial charge on any atom is -0.495 e. The summed E-state index contributed by atoms with van der Waals surface area (Å²) in [5.41, 5.74) is 2.50. The van der Waals surface area contributed by atoms with Gasteiger partial charge in [-0.05, 0) is 29.2 Å². The second kappa shape index (κ2) is 7.02. The molecule has 0 fully saturated rings. The SMILES string of the molecule is COc1ccccc1C#CC(=O)Nc1ccccc1C(C)(C)C. The first kappa shape index (κ1) is 16.6. The average Bonchev–Trinajstić information content (AvgIpc) is 2.52. The topological polar surface area (TPSA) is 38.3 Å². The molecule has 0 aliphatic rings. The Morgan fingerprint density at radius 1 is 1.04 bits per heavy atom. The van der Waals surface area contributed by atoms with E-state index in [-0.39, 0.29) is 11.3 Å². The Hall–Kier alpha value is -2.73. The third kappa shape index (κ3) is 4.37. The largest absolute Gasteiger partial charge is 0.495 e. The van der Waals surface area contributed by atoms with Gasteiger partial charge in [0.05, 0.1) is 12.7 Å². The van der Waals surface area contributed by atoms with Gasteiger partial charge in [0, 0.05) is 11.6 Å². The summed E-state index contributed by atoms with van der Waals surface area (Å²) in [6, 6.07) is 15.1. The van der Waals surface area contributed by atoms with Crippen LogP contribution in [0.25, 0.3) is 0 Å². The molecule has 1 N–H and O–H groups in total. The van der Waals surface area contributed by atoms with E-state index in [1.165, 1.54) is 0 Å². The lowest BCUT2D eigenvalue weighted by atomic mass is 9.86. The van der Waals surface area contributed by atoms with E-state index in [2.05, 4.69) is 37.9 Å². The highest BCUT2D eigenvalue weighted by molar-refractivity contribution is 6.04. The Morgan fingerprint density at radius 3 is 2.39 bits per heavy atom. The number of anilines is 1. The molecule has 3 nitrogen and oxygen atoms in total. The Bertz CT molecular complexity index is 761. The van der Waals surface area contributed by atoms with Gasteiger partial charge in [0.15, 0.2) is 0 Å². The van der Waals surface area contributed by atoms with Crippen molar-refractivity contribution >= 4 is 11.6 Å². The van der Waals surface area contributed by atoms with E-state index in [0.29, 0.717) is 11.3 Å². The zero-order valence-electron chi connectivity index (χ0n) is 13.9. The van der Waals surface area contributed by atoms with Gasteiger partial charge in [-0.3, -0.25) is 4.79 Å². The van der Waals surface area contributed by atoms with Crippen LogP contribution in [0.15, 0.2) is 48.5 Å². The lowest BCUT2D eigenvalue weighted by Crippen LogP contribution is -2.17. The van der Waals surface area contributed by atoms with Gasteiger partial charge in [-0.2, -0.15) is 0 Å². The Kier molecular flexibility index (Phi) is 5.08. The maximum atomic E-state index is 12.1. The van der Waals surface area contributed by atoms with Crippen LogP contribution in [0.2, 0.25) is 0 Å². The van der Waals surface area contributed by atoms with E-state index < -0.39 is 0 Å². The Balaban J connectivity index is 2.21. The number of methoxy groups -OCH3 is 1. The van der Waals surface area contributed by atoms with Crippen LogP contribution in [0, 0.1) is 11.8 Å². The van der Waals surface area contributed by atoms with Crippen molar-refractivity contribution < 1.29 is 9.53 Å². The second-order valence-corrected chi connectivity index (χ2v) is 6.20. The predicted molar refractivity (Wildman–Crippen MR) is 93.6 cm³/mol. The minimum absolute atomic E-state index is 0.0556. The molecule has 2 aromatic rings. The number of carbonyl (C=O) groups excluding carboxylic acids is 1. The molecule has 118 valence electrons. The molecule has 0 radical (unpaired) electrons. The first-order valence-corrected chi connectivity index (χ1v) is 7.47. The van der Waals surface area contributed by atoms with Crippen molar-refractivity contribution in [2.45, 2.75) is 26.2 Å². The Labute approximate surface area is 137 Å². The van der Waals surface area contributed by atoms with E-state index in [4.69, 9.17) is 4.74 Å². The molecule has 0 unspecified atom stereocenters. The molecule has 0 bridgehead atoms. The molecule has 23 heavy (non-hydrogen) atoms. The quantitative estimate of drug-likeness (QED) is 0.852. The highest BCUT2D eigenvalue weighted by Crippen LogP contribution is 2.29. The third-order valence-corrected chi connectivity index (χ3v) is 3.40. The van der Waals surface area contributed by atoms with E-state index in [9.17, 15) is 4.79 Å². The monoisotopic (exact) mass is 307 g/mol. The molecule has 2 aromatic carbocycles. The number of hydrogen-bond donors (Lipinski definition) is 1. The van der Waals surface area contributed by atoms with Crippen LogP contribution in [0.5, 0.6) is 5.75 Å². The van der Waals surface area contributed by atoms with Crippen LogP contribution < -0.4 is 10.1 Å². The highest BCUT2D eigenvalue weighted by atomic mass is 16.5. The van der Waals surface area contributed by atoms with E-state index in [0.717, 1.165) is 11.3 Å².